The largest absolute Gasteiger partial charge is 0.380 e. The molecule has 142 valence electrons. The number of nitrogens with zero attached hydrogens (tertiary/aromatic N) is 1. The van der Waals surface area contributed by atoms with Gasteiger partial charge in [-0.1, -0.05) is 11.6 Å². The van der Waals surface area contributed by atoms with E-state index in [4.69, 9.17) is 21.1 Å². The summed E-state index contributed by atoms with van der Waals surface area (Å²) >= 11 is 7.57. The van der Waals surface area contributed by atoms with E-state index in [0.29, 0.717) is 25.7 Å². The Kier molecular flexibility index (Phi) is 4.39. The summed E-state index contributed by atoms with van der Waals surface area (Å²) in [6.07, 6.45) is 3.19. The molecule has 1 aromatic heterocycles. The molecule has 7 heteroatoms. The van der Waals surface area contributed by atoms with Crippen molar-refractivity contribution >= 4 is 40.2 Å². The molecule has 5 rings (SSSR count). The third-order valence-corrected chi connectivity index (χ3v) is 6.53. The number of nitrogens with one attached hydrogen (secondary N) is 1. The summed E-state index contributed by atoms with van der Waals surface area (Å²) in [5.74, 6) is -0.750. The number of rotatable bonds is 5. The van der Waals surface area contributed by atoms with Crippen LogP contribution < -0.4 is 10.2 Å². The highest BCUT2D eigenvalue weighted by Crippen LogP contribution is 2.47. The van der Waals surface area contributed by atoms with Crippen molar-refractivity contribution in [1.29, 1.82) is 0 Å². The molecule has 27 heavy (non-hydrogen) atoms. The molecule has 3 aliphatic rings. The monoisotopic (exact) mass is 404 g/mol. The molecule has 2 aromatic rings. The maximum absolute atomic E-state index is 13.2. The first-order chi connectivity index (χ1) is 13.2. The number of halogens is 1. The van der Waals surface area contributed by atoms with Gasteiger partial charge < -0.3 is 19.7 Å². The van der Waals surface area contributed by atoms with Gasteiger partial charge in [0.15, 0.2) is 0 Å². The summed E-state index contributed by atoms with van der Waals surface area (Å²) in [6, 6.07) is 9.95. The zero-order valence-electron chi connectivity index (χ0n) is 14.9. The average molecular weight is 405 g/mol. The van der Waals surface area contributed by atoms with Gasteiger partial charge in [0.05, 0.1) is 23.2 Å². The number of amides is 1. The normalized spacial score (nSPS) is 20.9. The van der Waals surface area contributed by atoms with E-state index in [9.17, 15) is 4.79 Å². The first kappa shape index (κ1) is 17.5. The lowest BCUT2D eigenvalue weighted by Crippen LogP contribution is -2.47. The van der Waals surface area contributed by atoms with E-state index in [2.05, 4.69) is 5.32 Å². The van der Waals surface area contributed by atoms with Crippen molar-refractivity contribution in [3.63, 3.8) is 0 Å². The first-order valence-corrected chi connectivity index (χ1v) is 10.6. The molecule has 1 saturated carbocycles. The molecule has 0 unspecified atom stereocenters. The number of anilines is 2. The number of ether oxygens (including phenoxy) is 2. The van der Waals surface area contributed by atoms with E-state index >= 15 is 0 Å². The fourth-order valence-electron chi connectivity index (χ4n) is 3.73. The van der Waals surface area contributed by atoms with Crippen LogP contribution in [0, 0.1) is 5.92 Å². The molecule has 1 aliphatic carbocycles. The van der Waals surface area contributed by atoms with Gasteiger partial charge in [-0.2, -0.15) is 0 Å². The van der Waals surface area contributed by atoms with Gasteiger partial charge in [-0.3, -0.25) is 4.79 Å². The van der Waals surface area contributed by atoms with E-state index in [1.807, 2.05) is 35.2 Å². The second-order valence-corrected chi connectivity index (χ2v) is 9.12. The molecular weight excluding hydrogens is 384 g/mol. The van der Waals surface area contributed by atoms with Gasteiger partial charge in [0.25, 0.3) is 11.7 Å². The highest BCUT2D eigenvalue weighted by molar-refractivity contribution is 7.16. The van der Waals surface area contributed by atoms with Crippen LogP contribution in [0.5, 0.6) is 0 Å². The second kappa shape index (κ2) is 6.78. The molecule has 0 atom stereocenters. The summed E-state index contributed by atoms with van der Waals surface area (Å²) in [5, 5.41) is 3.42. The maximum atomic E-state index is 13.2. The minimum absolute atomic E-state index is 0.0775. The molecule has 3 heterocycles. The molecule has 0 bridgehead atoms. The lowest BCUT2D eigenvalue weighted by molar-refractivity contribution is -0.256. The van der Waals surface area contributed by atoms with Crippen molar-refractivity contribution in [1.82, 2.24) is 0 Å². The van der Waals surface area contributed by atoms with Crippen LogP contribution in [0.4, 0.5) is 11.4 Å². The zero-order chi connectivity index (χ0) is 18.4. The number of hydrogen-bond donors (Lipinski definition) is 1. The smallest absolute Gasteiger partial charge is 0.292 e. The lowest BCUT2D eigenvalue weighted by Gasteiger charge is -2.32. The molecule has 0 radical (unpaired) electrons. The molecular formula is C20H21ClN2O3S. The van der Waals surface area contributed by atoms with Crippen LogP contribution in [0.2, 0.25) is 4.34 Å². The summed E-state index contributed by atoms with van der Waals surface area (Å²) in [4.78, 5) is 16.3. The van der Waals surface area contributed by atoms with Crippen LogP contribution in [-0.4, -0.2) is 25.7 Å². The van der Waals surface area contributed by atoms with Crippen molar-refractivity contribution in [3.8, 4) is 0 Å². The van der Waals surface area contributed by atoms with E-state index in [-0.39, 0.29) is 5.91 Å². The zero-order valence-corrected chi connectivity index (χ0v) is 16.4. The van der Waals surface area contributed by atoms with Gasteiger partial charge >= 0.3 is 0 Å². The molecule has 1 aromatic carbocycles. The Morgan fingerprint density at radius 1 is 1.22 bits per heavy atom. The van der Waals surface area contributed by atoms with Crippen LogP contribution in [0.25, 0.3) is 0 Å². The summed E-state index contributed by atoms with van der Waals surface area (Å²) in [7, 11) is 0. The van der Waals surface area contributed by atoms with Crippen LogP contribution in [0.3, 0.4) is 0 Å². The predicted octanol–water partition coefficient (Wildman–Crippen LogP) is 4.36. The molecule has 1 amide bonds. The van der Waals surface area contributed by atoms with Gasteiger partial charge in [-0.15, -0.1) is 11.3 Å². The van der Waals surface area contributed by atoms with Crippen molar-refractivity contribution in [2.45, 2.75) is 31.6 Å². The number of fused-ring (bicyclic) bond motifs is 2. The fourth-order valence-corrected chi connectivity index (χ4v) is 4.76. The number of hydrogen-bond acceptors (Lipinski definition) is 5. The Morgan fingerprint density at radius 2 is 2.04 bits per heavy atom. The van der Waals surface area contributed by atoms with Crippen LogP contribution in [-0.2, 0) is 26.6 Å². The predicted molar refractivity (Wildman–Crippen MR) is 106 cm³/mol. The van der Waals surface area contributed by atoms with E-state index in [0.717, 1.165) is 39.1 Å². The fraction of sp³-hybridized carbons (Fsp3) is 0.450. The Hall–Kier alpha value is -1.60. The Bertz CT molecular complexity index is 874. The molecule has 2 fully saturated rings. The molecule has 2 aliphatic heterocycles. The van der Waals surface area contributed by atoms with Crippen LogP contribution >= 0.6 is 22.9 Å². The number of thiophene rings is 1. The second-order valence-electron chi connectivity index (χ2n) is 7.32. The molecule has 1 saturated heterocycles. The minimum Gasteiger partial charge on any atom is -0.380 e. The SMILES string of the molecule is O=C1N(CC2CC2)c2ccc(NCc3ccc(Cl)s3)cc2C12OCCCO2. The van der Waals surface area contributed by atoms with Crippen molar-refractivity contribution in [2.24, 2.45) is 5.92 Å². The topological polar surface area (TPSA) is 50.8 Å². The number of carbonyl (C=O) groups excluding carboxylic acids is 1. The Labute approximate surface area is 167 Å². The van der Waals surface area contributed by atoms with Gasteiger partial charge in [0.1, 0.15) is 0 Å². The van der Waals surface area contributed by atoms with E-state index in [1.165, 1.54) is 12.8 Å². The third kappa shape index (κ3) is 3.14. The third-order valence-electron chi connectivity index (χ3n) is 5.30. The van der Waals surface area contributed by atoms with Gasteiger partial charge in [-0.25, -0.2) is 0 Å². The van der Waals surface area contributed by atoms with Gasteiger partial charge in [0.2, 0.25) is 0 Å². The first-order valence-electron chi connectivity index (χ1n) is 9.38. The van der Waals surface area contributed by atoms with Gasteiger partial charge in [0, 0.05) is 29.2 Å². The number of carbonyl (C=O) groups is 1. The van der Waals surface area contributed by atoms with E-state index in [1.54, 1.807) is 11.3 Å². The molecule has 1 N–H and O–H groups in total. The van der Waals surface area contributed by atoms with Crippen molar-refractivity contribution in [3.05, 3.63) is 45.1 Å². The summed E-state index contributed by atoms with van der Waals surface area (Å²) in [5.41, 5.74) is 2.68. The maximum Gasteiger partial charge on any atom is 0.292 e. The highest BCUT2D eigenvalue weighted by atomic mass is 35.5. The minimum atomic E-state index is -1.27. The van der Waals surface area contributed by atoms with Crippen molar-refractivity contribution in [2.75, 3.05) is 30.0 Å². The Morgan fingerprint density at radius 3 is 2.74 bits per heavy atom. The highest BCUT2D eigenvalue weighted by Gasteiger charge is 2.55. The van der Waals surface area contributed by atoms with Gasteiger partial charge in [-0.05, 0) is 55.5 Å². The quantitative estimate of drug-likeness (QED) is 0.804. The molecule has 1 spiro atoms. The van der Waals surface area contributed by atoms with Crippen LogP contribution in [0.15, 0.2) is 30.3 Å². The Balaban J connectivity index is 1.45. The van der Waals surface area contributed by atoms with E-state index < -0.39 is 5.79 Å². The molecule has 5 nitrogen and oxygen atoms in total. The average Bonchev–Trinajstić information content (AvgIpc) is 3.38. The standard InChI is InChI=1S/C20H21ClN2O3S/c21-18-7-5-15(27-18)11-22-14-4-6-17-16(10-14)20(25-8-1-9-26-20)19(24)23(17)12-13-2-3-13/h4-7,10,13,22H,1-3,8-9,11-12H2. The van der Waals surface area contributed by atoms with Crippen molar-refractivity contribution < 1.29 is 14.3 Å². The lowest BCUT2D eigenvalue weighted by atomic mass is 10.1. The number of benzene rings is 1. The van der Waals surface area contributed by atoms with Crippen LogP contribution in [0.1, 0.15) is 29.7 Å². The summed E-state index contributed by atoms with van der Waals surface area (Å²) in [6.45, 7) is 2.51. The summed E-state index contributed by atoms with van der Waals surface area (Å²) < 4.78 is 12.7.